The average molecular weight is 240 g/mol. The van der Waals surface area contributed by atoms with Crippen LogP contribution in [0.4, 0.5) is 0 Å². The van der Waals surface area contributed by atoms with Crippen molar-refractivity contribution in [2.75, 3.05) is 26.7 Å². The smallest absolute Gasteiger partial charge is 0.0728 e. The number of aliphatic hydroxyl groups is 1. The predicted octanol–water partition coefficient (Wildman–Crippen LogP) is 1.74. The highest BCUT2D eigenvalue weighted by Gasteiger charge is 2.49. The van der Waals surface area contributed by atoms with Crippen LogP contribution in [0.25, 0.3) is 0 Å². The molecule has 0 radical (unpaired) electrons. The van der Waals surface area contributed by atoms with Gasteiger partial charge in [0.05, 0.1) is 5.60 Å². The number of likely N-dealkylation sites (tertiary alicyclic amines) is 1. The van der Waals surface area contributed by atoms with E-state index in [4.69, 9.17) is 5.73 Å². The minimum absolute atomic E-state index is 0.0103. The fraction of sp³-hybridized carbons (Fsp3) is 1.00. The fourth-order valence-corrected chi connectivity index (χ4v) is 3.87. The molecule has 0 bridgehead atoms. The molecule has 1 heterocycles. The number of nitrogens with two attached hydrogens (primary N) is 1. The molecule has 1 unspecified atom stereocenters. The summed E-state index contributed by atoms with van der Waals surface area (Å²) >= 11 is 0. The van der Waals surface area contributed by atoms with Gasteiger partial charge in [0, 0.05) is 18.5 Å². The summed E-state index contributed by atoms with van der Waals surface area (Å²) in [5.74, 6) is 0. The molecule has 0 aromatic rings. The lowest BCUT2D eigenvalue weighted by atomic mass is 9.61. The van der Waals surface area contributed by atoms with Crippen molar-refractivity contribution in [2.24, 2.45) is 11.1 Å². The van der Waals surface area contributed by atoms with Crippen molar-refractivity contribution in [1.82, 2.24) is 4.90 Å². The molecule has 17 heavy (non-hydrogen) atoms. The molecule has 100 valence electrons. The van der Waals surface area contributed by atoms with Crippen molar-refractivity contribution >= 4 is 0 Å². The van der Waals surface area contributed by atoms with Crippen LogP contribution < -0.4 is 5.73 Å². The third kappa shape index (κ3) is 2.51. The van der Waals surface area contributed by atoms with Gasteiger partial charge >= 0.3 is 0 Å². The standard InChI is InChI=1S/C14H28N2O/c1-16-10-5-8-14(17,9-11-16)13(12-15)6-3-2-4-7-13/h17H,2-12,15H2,1H3. The normalized spacial score (nSPS) is 35.5. The van der Waals surface area contributed by atoms with Gasteiger partial charge in [0.15, 0.2) is 0 Å². The molecule has 3 nitrogen and oxygen atoms in total. The highest BCUT2D eigenvalue weighted by Crippen LogP contribution is 2.48. The molecule has 0 amide bonds. The summed E-state index contributed by atoms with van der Waals surface area (Å²) in [5.41, 5.74) is 5.57. The second kappa shape index (κ2) is 5.25. The molecule has 1 saturated carbocycles. The molecule has 2 fully saturated rings. The zero-order chi connectivity index (χ0) is 12.4. The lowest BCUT2D eigenvalue weighted by Crippen LogP contribution is -2.54. The Balaban J connectivity index is 2.15. The molecule has 0 aromatic carbocycles. The molecule has 2 aliphatic rings. The van der Waals surface area contributed by atoms with Crippen molar-refractivity contribution in [3.63, 3.8) is 0 Å². The van der Waals surface area contributed by atoms with Crippen LogP contribution in [0.15, 0.2) is 0 Å². The molecule has 1 aliphatic heterocycles. The van der Waals surface area contributed by atoms with Gasteiger partial charge in [-0.25, -0.2) is 0 Å². The molecule has 1 atom stereocenters. The van der Waals surface area contributed by atoms with E-state index in [1.165, 1.54) is 19.3 Å². The highest BCUT2D eigenvalue weighted by molar-refractivity contribution is 5.02. The van der Waals surface area contributed by atoms with Gasteiger partial charge in [-0.2, -0.15) is 0 Å². The van der Waals surface area contributed by atoms with E-state index in [2.05, 4.69) is 11.9 Å². The summed E-state index contributed by atoms with van der Waals surface area (Å²) in [6.07, 6.45) is 9.01. The van der Waals surface area contributed by atoms with Crippen molar-refractivity contribution in [3.05, 3.63) is 0 Å². The van der Waals surface area contributed by atoms with E-state index >= 15 is 0 Å². The maximum absolute atomic E-state index is 11.1. The number of rotatable bonds is 2. The first-order chi connectivity index (χ1) is 8.12. The zero-order valence-electron chi connectivity index (χ0n) is 11.2. The van der Waals surface area contributed by atoms with Gasteiger partial charge in [-0.05, 0) is 45.7 Å². The third-order valence-electron chi connectivity index (χ3n) is 5.23. The third-order valence-corrected chi connectivity index (χ3v) is 5.23. The largest absolute Gasteiger partial charge is 0.389 e. The first-order valence-corrected chi connectivity index (χ1v) is 7.23. The summed E-state index contributed by atoms with van der Waals surface area (Å²) in [6, 6.07) is 0. The monoisotopic (exact) mass is 240 g/mol. The van der Waals surface area contributed by atoms with Gasteiger partial charge < -0.3 is 15.7 Å². The van der Waals surface area contributed by atoms with Gasteiger partial charge in [-0.1, -0.05) is 19.3 Å². The molecule has 0 aromatic heterocycles. The van der Waals surface area contributed by atoms with Crippen LogP contribution in [0.5, 0.6) is 0 Å². The average Bonchev–Trinajstić information content (AvgIpc) is 2.53. The van der Waals surface area contributed by atoms with Crippen LogP contribution in [-0.4, -0.2) is 42.3 Å². The number of hydrogen-bond acceptors (Lipinski definition) is 3. The fourth-order valence-electron chi connectivity index (χ4n) is 3.87. The Kier molecular flexibility index (Phi) is 4.11. The summed E-state index contributed by atoms with van der Waals surface area (Å²) < 4.78 is 0. The Hall–Kier alpha value is -0.120. The molecular weight excluding hydrogens is 212 g/mol. The van der Waals surface area contributed by atoms with Gasteiger partial charge in [-0.15, -0.1) is 0 Å². The van der Waals surface area contributed by atoms with E-state index in [1.807, 2.05) is 0 Å². The summed E-state index contributed by atoms with van der Waals surface area (Å²) in [5, 5.41) is 11.1. The molecule has 1 aliphatic carbocycles. The van der Waals surface area contributed by atoms with Gasteiger partial charge in [0.2, 0.25) is 0 Å². The molecule has 3 N–H and O–H groups in total. The van der Waals surface area contributed by atoms with Crippen molar-refractivity contribution < 1.29 is 5.11 Å². The van der Waals surface area contributed by atoms with Crippen LogP contribution in [0.3, 0.4) is 0 Å². The van der Waals surface area contributed by atoms with Gasteiger partial charge in [0.1, 0.15) is 0 Å². The Labute approximate surface area is 105 Å². The first-order valence-electron chi connectivity index (χ1n) is 7.23. The van der Waals surface area contributed by atoms with E-state index in [1.54, 1.807) is 0 Å². The molecule has 3 heteroatoms. The van der Waals surface area contributed by atoms with Crippen molar-refractivity contribution in [3.8, 4) is 0 Å². The summed E-state index contributed by atoms with van der Waals surface area (Å²) in [4.78, 5) is 2.34. The molecule has 1 saturated heterocycles. The van der Waals surface area contributed by atoms with Crippen LogP contribution in [0, 0.1) is 5.41 Å². The van der Waals surface area contributed by atoms with Crippen LogP contribution in [0.2, 0.25) is 0 Å². The van der Waals surface area contributed by atoms with E-state index in [9.17, 15) is 5.11 Å². The maximum Gasteiger partial charge on any atom is 0.0728 e. The minimum Gasteiger partial charge on any atom is -0.389 e. The van der Waals surface area contributed by atoms with E-state index in [0.29, 0.717) is 6.54 Å². The lowest BCUT2D eigenvalue weighted by Gasteiger charge is -2.49. The topological polar surface area (TPSA) is 49.5 Å². The van der Waals surface area contributed by atoms with Gasteiger partial charge in [0.25, 0.3) is 0 Å². The summed E-state index contributed by atoms with van der Waals surface area (Å²) in [6.45, 7) is 2.79. The number of hydrogen-bond donors (Lipinski definition) is 2. The van der Waals surface area contributed by atoms with E-state index in [-0.39, 0.29) is 5.41 Å². The van der Waals surface area contributed by atoms with Crippen LogP contribution >= 0.6 is 0 Å². The minimum atomic E-state index is -0.507. The van der Waals surface area contributed by atoms with Crippen molar-refractivity contribution in [1.29, 1.82) is 0 Å². The number of nitrogens with zero attached hydrogens (tertiary/aromatic N) is 1. The molecular formula is C14H28N2O. The molecule has 0 spiro atoms. The predicted molar refractivity (Wildman–Crippen MR) is 70.9 cm³/mol. The van der Waals surface area contributed by atoms with Crippen LogP contribution in [-0.2, 0) is 0 Å². The zero-order valence-corrected chi connectivity index (χ0v) is 11.2. The van der Waals surface area contributed by atoms with E-state index in [0.717, 1.165) is 45.2 Å². The maximum atomic E-state index is 11.1. The first kappa shape index (κ1) is 13.3. The summed E-state index contributed by atoms with van der Waals surface area (Å²) in [7, 11) is 2.15. The highest BCUT2D eigenvalue weighted by atomic mass is 16.3. The van der Waals surface area contributed by atoms with Crippen LogP contribution in [0.1, 0.15) is 51.4 Å². The molecule has 2 rings (SSSR count). The Morgan fingerprint density at radius 2 is 1.71 bits per heavy atom. The lowest BCUT2D eigenvalue weighted by molar-refractivity contribution is -0.108. The van der Waals surface area contributed by atoms with Gasteiger partial charge in [-0.3, -0.25) is 0 Å². The Morgan fingerprint density at radius 1 is 1.00 bits per heavy atom. The Bertz CT molecular complexity index is 251. The quantitative estimate of drug-likeness (QED) is 0.773. The Morgan fingerprint density at radius 3 is 2.35 bits per heavy atom. The second-order valence-electron chi connectivity index (χ2n) is 6.23. The second-order valence-corrected chi connectivity index (χ2v) is 6.23. The van der Waals surface area contributed by atoms with Crippen molar-refractivity contribution in [2.45, 2.75) is 57.0 Å². The van der Waals surface area contributed by atoms with E-state index < -0.39 is 5.60 Å². The SMILES string of the molecule is CN1CCCC(O)(C2(CN)CCCCC2)CC1.